The van der Waals surface area contributed by atoms with Gasteiger partial charge in [0.05, 0.1) is 11.1 Å². The quantitative estimate of drug-likeness (QED) is 0.907. The number of aromatic hydroxyl groups is 1. The minimum Gasteiger partial charge on any atom is -0.505 e. The van der Waals surface area contributed by atoms with Crippen LogP contribution in [0.25, 0.3) is 0 Å². The number of hydrogen-bond donors (Lipinski definition) is 1. The van der Waals surface area contributed by atoms with E-state index in [0.29, 0.717) is 19.6 Å². The average Bonchev–Trinajstić information content (AvgIpc) is 2.57. The van der Waals surface area contributed by atoms with Gasteiger partial charge in [0, 0.05) is 19.6 Å². The summed E-state index contributed by atoms with van der Waals surface area (Å²) < 4.78 is 27.7. The molecule has 1 N–H and O–H groups in total. The zero-order chi connectivity index (χ0) is 17.3. The Hall–Kier alpha value is -1.60. The summed E-state index contributed by atoms with van der Waals surface area (Å²) in [6.07, 6.45) is 0. The summed E-state index contributed by atoms with van der Waals surface area (Å²) in [5.41, 5.74) is 0.925. The number of rotatable bonds is 3. The molecule has 0 bridgehead atoms. The van der Waals surface area contributed by atoms with Gasteiger partial charge in [-0.25, -0.2) is 8.42 Å². The molecule has 1 aliphatic heterocycles. The molecule has 1 unspecified atom stereocenters. The van der Waals surface area contributed by atoms with Crippen molar-refractivity contribution in [3.05, 3.63) is 59.1 Å². The number of nitrogens with zero attached hydrogens (tertiary/aromatic N) is 2. The number of sulfonamides is 1. The lowest BCUT2D eigenvalue weighted by Gasteiger charge is -2.39. The third-order valence-electron chi connectivity index (χ3n) is 4.26. The van der Waals surface area contributed by atoms with Crippen LogP contribution in [0.5, 0.6) is 5.75 Å². The molecular weight excluding hydrogens is 348 g/mol. The maximum atomic E-state index is 13.1. The van der Waals surface area contributed by atoms with E-state index in [1.165, 1.54) is 22.5 Å². The molecule has 1 aliphatic rings. The second kappa shape index (κ2) is 6.72. The molecule has 0 aliphatic carbocycles. The van der Waals surface area contributed by atoms with Crippen LogP contribution in [-0.2, 0) is 10.0 Å². The van der Waals surface area contributed by atoms with Crippen LogP contribution in [-0.4, -0.2) is 49.4 Å². The number of hydrogen-bond acceptors (Lipinski definition) is 4. The molecule has 7 heteroatoms. The topological polar surface area (TPSA) is 60.9 Å². The molecular formula is C17H19ClN2O3S. The van der Waals surface area contributed by atoms with Gasteiger partial charge in [-0.05, 0) is 24.7 Å². The van der Waals surface area contributed by atoms with E-state index in [1.807, 2.05) is 37.4 Å². The number of likely N-dealkylation sites (N-methyl/N-ethyl adjacent to an activating group) is 1. The number of piperazine rings is 1. The van der Waals surface area contributed by atoms with Gasteiger partial charge in [0.25, 0.3) is 0 Å². The lowest BCUT2D eigenvalue weighted by Crippen LogP contribution is -2.49. The summed E-state index contributed by atoms with van der Waals surface area (Å²) in [7, 11) is -1.89. The summed E-state index contributed by atoms with van der Waals surface area (Å²) in [5, 5.41) is 10.2. The van der Waals surface area contributed by atoms with Gasteiger partial charge < -0.3 is 10.0 Å². The fourth-order valence-electron chi connectivity index (χ4n) is 2.97. The van der Waals surface area contributed by atoms with E-state index in [2.05, 4.69) is 4.90 Å². The Labute approximate surface area is 147 Å². The number of para-hydroxylation sites is 1. The lowest BCUT2D eigenvalue weighted by atomic mass is 10.1. The van der Waals surface area contributed by atoms with Gasteiger partial charge in [0.15, 0.2) is 5.75 Å². The Morgan fingerprint density at radius 1 is 1.08 bits per heavy atom. The molecule has 0 aromatic heterocycles. The first kappa shape index (κ1) is 17.2. The second-order valence-corrected chi connectivity index (χ2v) is 8.16. The Morgan fingerprint density at radius 2 is 1.79 bits per heavy atom. The number of phenols is 1. The highest BCUT2D eigenvalue weighted by molar-refractivity contribution is 7.89. The van der Waals surface area contributed by atoms with E-state index in [1.54, 1.807) is 0 Å². The van der Waals surface area contributed by atoms with Crippen LogP contribution >= 0.6 is 11.6 Å². The van der Waals surface area contributed by atoms with Gasteiger partial charge in [0.1, 0.15) is 4.90 Å². The van der Waals surface area contributed by atoms with Crippen molar-refractivity contribution in [3.8, 4) is 5.75 Å². The molecule has 3 rings (SSSR count). The maximum Gasteiger partial charge on any atom is 0.247 e. The van der Waals surface area contributed by atoms with Crippen molar-refractivity contribution in [2.45, 2.75) is 10.9 Å². The van der Waals surface area contributed by atoms with E-state index in [0.717, 1.165) is 5.56 Å². The Bertz CT molecular complexity index is 827. The summed E-state index contributed by atoms with van der Waals surface area (Å²) in [5.74, 6) is -0.398. The van der Waals surface area contributed by atoms with Crippen LogP contribution in [0, 0.1) is 0 Å². The summed E-state index contributed by atoms with van der Waals surface area (Å²) in [6.45, 7) is 1.57. The summed E-state index contributed by atoms with van der Waals surface area (Å²) in [6, 6.07) is 13.6. The Morgan fingerprint density at radius 3 is 2.50 bits per heavy atom. The molecule has 1 heterocycles. The highest BCUT2D eigenvalue weighted by Gasteiger charge is 2.37. The molecule has 128 valence electrons. The normalized spacial score (nSPS) is 20.2. The molecule has 5 nitrogen and oxygen atoms in total. The number of benzene rings is 2. The SMILES string of the molecule is CN1CCN(S(=O)(=O)c2cccc(Cl)c2O)C(c2ccccc2)C1. The van der Waals surface area contributed by atoms with Crippen LogP contribution in [0.3, 0.4) is 0 Å². The molecule has 0 spiro atoms. The average molecular weight is 367 g/mol. The van der Waals surface area contributed by atoms with Gasteiger partial charge in [-0.2, -0.15) is 4.31 Å². The minimum absolute atomic E-state index is 0.0291. The smallest absolute Gasteiger partial charge is 0.247 e. The first-order valence-corrected chi connectivity index (χ1v) is 9.46. The fourth-order valence-corrected chi connectivity index (χ4v) is 4.90. The second-order valence-electron chi connectivity index (χ2n) is 5.89. The summed E-state index contributed by atoms with van der Waals surface area (Å²) in [4.78, 5) is 1.95. The van der Waals surface area contributed by atoms with Gasteiger partial charge >= 0.3 is 0 Å². The monoisotopic (exact) mass is 366 g/mol. The largest absolute Gasteiger partial charge is 0.505 e. The number of phenolic OH excluding ortho intramolecular Hbond substituents is 1. The molecule has 1 atom stereocenters. The highest BCUT2D eigenvalue weighted by atomic mass is 35.5. The van der Waals surface area contributed by atoms with Crippen LogP contribution < -0.4 is 0 Å². The molecule has 24 heavy (non-hydrogen) atoms. The first-order chi connectivity index (χ1) is 11.4. The Balaban J connectivity index is 2.06. The van der Waals surface area contributed by atoms with E-state index >= 15 is 0 Å². The van der Waals surface area contributed by atoms with Crippen LogP contribution in [0.1, 0.15) is 11.6 Å². The van der Waals surface area contributed by atoms with Gasteiger partial charge in [-0.1, -0.05) is 48.0 Å². The zero-order valence-electron chi connectivity index (χ0n) is 13.3. The molecule has 2 aromatic carbocycles. The van der Waals surface area contributed by atoms with Crippen molar-refractivity contribution in [1.82, 2.24) is 9.21 Å². The van der Waals surface area contributed by atoms with E-state index in [9.17, 15) is 13.5 Å². The van der Waals surface area contributed by atoms with Crippen molar-refractivity contribution in [2.75, 3.05) is 26.7 Å². The van der Waals surface area contributed by atoms with Crippen LogP contribution in [0.4, 0.5) is 0 Å². The van der Waals surface area contributed by atoms with E-state index in [-0.39, 0.29) is 16.0 Å². The third kappa shape index (κ3) is 3.15. The van der Waals surface area contributed by atoms with Crippen molar-refractivity contribution < 1.29 is 13.5 Å². The number of halogens is 1. The molecule has 1 saturated heterocycles. The van der Waals surface area contributed by atoms with Crippen molar-refractivity contribution in [3.63, 3.8) is 0 Å². The van der Waals surface area contributed by atoms with Gasteiger partial charge in [-0.3, -0.25) is 0 Å². The van der Waals surface area contributed by atoms with Crippen molar-refractivity contribution >= 4 is 21.6 Å². The molecule has 0 amide bonds. The van der Waals surface area contributed by atoms with Gasteiger partial charge in [-0.15, -0.1) is 0 Å². The molecule has 0 saturated carbocycles. The standard InChI is InChI=1S/C17H19ClN2O3S/c1-19-10-11-20(15(12-19)13-6-3-2-4-7-13)24(22,23)16-9-5-8-14(18)17(16)21/h2-9,15,21H,10-12H2,1H3. The lowest BCUT2D eigenvalue weighted by molar-refractivity contribution is 0.160. The van der Waals surface area contributed by atoms with E-state index in [4.69, 9.17) is 11.6 Å². The van der Waals surface area contributed by atoms with E-state index < -0.39 is 15.8 Å². The maximum absolute atomic E-state index is 13.1. The third-order valence-corrected chi connectivity index (χ3v) is 6.50. The van der Waals surface area contributed by atoms with Crippen LogP contribution in [0.15, 0.2) is 53.4 Å². The zero-order valence-corrected chi connectivity index (χ0v) is 14.8. The predicted molar refractivity (Wildman–Crippen MR) is 93.7 cm³/mol. The van der Waals surface area contributed by atoms with Crippen LogP contribution in [0.2, 0.25) is 5.02 Å². The van der Waals surface area contributed by atoms with Crippen molar-refractivity contribution in [1.29, 1.82) is 0 Å². The fraction of sp³-hybridized carbons (Fsp3) is 0.294. The minimum atomic E-state index is -3.86. The molecule has 0 radical (unpaired) electrons. The molecule has 1 fully saturated rings. The van der Waals surface area contributed by atoms with Crippen molar-refractivity contribution in [2.24, 2.45) is 0 Å². The van der Waals surface area contributed by atoms with Gasteiger partial charge in [0.2, 0.25) is 10.0 Å². The highest BCUT2D eigenvalue weighted by Crippen LogP contribution is 2.36. The predicted octanol–water partition coefficient (Wildman–Crippen LogP) is 2.72. The summed E-state index contributed by atoms with van der Waals surface area (Å²) >= 11 is 5.89. The first-order valence-electron chi connectivity index (χ1n) is 7.64. The molecule has 2 aromatic rings. The Kier molecular flexibility index (Phi) is 4.83.